The van der Waals surface area contributed by atoms with Crippen molar-refractivity contribution in [1.82, 2.24) is 0 Å². The Morgan fingerprint density at radius 3 is 0.833 bits per heavy atom. The van der Waals surface area contributed by atoms with Crippen LogP contribution in [-0.4, -0.2) is 37.2 Å². The summed E-state index contributed by atoms with van der Waals surface area (Å²) in [6.45, 7) is 6.52. The third-order valence-corrected chi connectivity index (χ3v) is 9.36. The SMILES string of the molecule is CCCCCCCCCCCCCCCCCCCCC(=O)OC[C@H](COC(=O)CCCCCCC)OC(=O)CCCCCCCCC. The molecule has 1 atom stereocenters. The van der Waals surface area contributed by atoms with Gasteiger partial charge in [0.2, 0.25) is 0 Å². The van der Waals surface area contributed by atoms with Gasteiger partial charge in [0.1, 0.15) is 13.2 Å². The fourth-order valence-electron chi connectivity index (χ4n) is 6.15. The minimum absolute atomic E-state index is 0.0651. The van der Waals surface area contributed by atoms with Crippen LogP contribution in [0.5, 0.6) is 0 Å². The summed E-state index contributed by atoms with van der Waals surface area (Å²) < 4.78 is 16.5. The molecule has 0 radical (unpaired) electrons. The predicted octanol–water partition coefficient (Wildman–Crippen LogP) is 12.9. The maximum Gasteiger partial charge on any atom is 0.306 e. The molecule has 0 aromatic carbocycles. The van der Waals surface area contributed by atoms with Crippen LogP contribution in [0.4, 0.5) is 0 Å². The van der Waals surface area contributed by atoms with Crippen LogP contribution in [0.3, 0.4) is 0 Å². The largest absolute Gasteiger partial charge is 0.462 e. The van der Waals surface area contributed by atoms with E-state index in [4.69, 9.17) is 14.2 Å². The van der Waals surface area contributed by atoms with Gasteiger partial charge in [0.15, 0.2) is 6.10 Å². The van der Waals surface area contributed by atoms with E-state index in [1.54, 1.807) is 0 Å². The molecule has 0 saturated carbocycles. The Balaban J connectivity index is 4.06. The monoisotopic (exact) mass is 681 g/mol. The van der Waals surface area contributed by atoms with Crippen molar-refractivity contribution in [1.29, 1.82) is 0 Å². The third-order valence-electron chi connectivity index (χ3n) is 9.36. The van der Waals surface area contributed by atoms with Crippen molar-refractivity contribution in [3.8, 4) is 0 Å². The second-order valence-corrected chi connectivity index (χ2v) is 14.3. The van der Waals surface area contributed by atoms with Crippen molar-refractivity contribution < 1.29 is 28.6 Å². The number of unbranched alkanes of at least 4 members (excludes halogenated alkanes) is 27. The number of esters is 3. The molecule has 0 unspecified atom stereocenters. The summed E-state index contributed by atoms with van der Waals surface area (Å²) in [7, 11) is 0. The van der Waals surface area contributed by atoms with E-state index in [2.05, 4.69) is 20.8 Å². The van der Waals surface area contributed by atoms with E-state index in [1.807, 2.05) is 0 Å². The van der Waals surface area contributed by atoms with E-state index in [1.165, 1.54) is 128 Å². The summed E-state index contributed by atoms with van der Waals surface area (Å²) >= 11 is 0. The smallest absolute Gasteiger partial charge is 0.306 e. The standard InChI is InChI=1S/C42H80O6/c1-4-7-10-13-15-16-17-18-19-20-21-22-23-24-25-27-29-32-35-41(44)47-38-39(37-46-40(43)34-31-28-12-9-6-3)48-42(45)36-33-30-26-14-11-8-5-2/h39H,4-38H2,1-3H3/t39-/m0/s1. The number of carbonyl (C=O) groups excluding carboxylic acids is 3. The molecule has 284 valence electrons. The molecule has 0 aliphatic heterocycles. The average molecular weight is 681 g/mol. The average Bonchev–Trinajstić information content (AvgIpc) is 3.08. The van der Waals surface area contributed by atoms with E-state index in [9.17, 15) is 14.4 Å². The highest BCUT2D eigenvalue weighted by Gasteiger charge is 2.19. The lowest BCUT2D eigenvalue weighted by Gasteiger charge is -2.18. The molecular formula is C42H80O6. The Labute approximate surface area is 298 Å². The Morgan fingerprint density at radius 2 is 0.562 bits per heavy atom. The second kappa shape index (κ2) is 38.2. The molecule has 0 fully saturated rings. The van der Waals surface area contributed by atoms with E-state index < -0.39 is 6.10 Å². The van der Waals surface area contributed by atoms with Crippen molar-refractivity contribution in [2.45, 2.75) is 239 Å². The van der Waals surface area contributed by atoms with Gasteiger partial charge in [0.05, 0.1) is 0 Å². The summed E-state index contributed by atoms with van der Waals surface area (Å²) in [6.07, 6.45) is 37.0. The molecule has 0 amide bonds. The molecule has 0 rings (SSSR count). The third kappa shape index (κ3) is 35.7. The van der Waals surface area contributed by atoms with E-state index in [-0.39, 0.29) is 31.1 Å². The highest BCUT2D eigenvalue weighted by Crippen LogP contribution is 2.15. The quantitative estimate of drug-likeness (QED) is 0.0367. The molecule has 0 aliphatic rings. The zero-order valence-corrected chi connectivity index (χ0v) is 32.3. The lowest BCUT2D eigenvalue weighted by Crippen LogP contribution is -2.30. The van der Waals surface area contributed by atoms with Gasteiger partial charge in [-0.25, -0.2) is 0 Å². The molecule has 6 heteroatoms. The molecular weight excluding hydrogens is 600 g/mol. The summed E-state index contributed by atoms with van der Waals surface area (Å²) in [5.41, 5.74) is 0. The first-order chi connectivity index (χ1) is 23.5. The molecule has 0 bridgehead atoms. The molecule has 0 N–H and O–H groups in total. The van der Waals surface area contributed by atoms with Crippen LogP contribution < -0.4 is 0 Å². The van der Waals surface area contributed by atoms with Crippen LogP contribution in [0.15, 0.2) is 0 Å². The van der Waals surface area contributed by atoms with Crippen LogP contribution in [-0.2, 0) is 28.6 Å². The molecule has 0 heterocycles. The van der Waals surface area contributed by atoms with Gasteiger partial charge in [0, 0.05) is 19.3 Å². The number of hydrogen-bond acceptors (Lipinski definition) is 6. The number of ether oxygens (including phenoxy) is 3. The summed E-state index contributed by atoms with van der Waals surface area (Å²) in [5.74, 6) is -0.879. The number of hydrogen-bond donors (Lipinski definition) is 0. The maximum atomic E-state index is 12.5. The van der Waals surface area contributed by atoms with Gasteiger partial charge >= 0.3 is 17.9 Å². The van der Waals surface area contributed by atoms with Crippen LogP contribution in [0.25, 0.3) is 0 Å². The lowest BCUT2D eigenvalue weighted by molar-refractivity contribution is -0.167. The van der Waals surface area contributed by atoms with Gasteiger partial charge in [0.25, 0.3) is 0 Å². The van der Waals surface area contributed by atoms with Crippen molar-refractivity contribution in [2.24, 2.45) is 0 Å². The summed E-state index contributed by atoms with van der Waals surface area (Å²) in [4.78, 5) is 37.2. The van der Waals surface area contributed by atoms with Crippen molar-refractivity contribution in [3.63, 3.8) is 0 Å². The molecule has 48 heavy (non-hydrogen) atoms. The fraction of sp³-hybridized carbons (Fsp3) is 0.929. The molecule has 0 spiro atoms. The van der Waals surface area contributed by atoms with E-state index in [0.717, 1.165) is 64.2 Å². The molecule has 0 aliphatic carbocycles. The van der Waals surface area contributed by atoms with Crippen LogP contribution >= 0.6 is 0 Å². The lowest BCUT2D eigenvalue weighted by atomic mass is 10.0. The van der Waals surface area contributed by atoms with Gasteiger partial charge in [-0.1, -0.05) is 194 Å². The minimum Gasteiger partial charge on any atom is -0.462 e. The van der Waals surface area contributed by atoms with Crippen molar-refractivity contribution in [3.05, 3.63) is 0 Å². The van der Waals surface area contributed by atoms with Crippen molar-refractivity contribution in [2.75, 3.05) is 13.2 Å². The zero-order valence-electron chi connectivity index (χ0n) is 32.3. The Hall–Kier alpha value is -1.59. The van der Waals surface area contributed by atoms with Crippen LogP contribution in [0.1, 0.15) is 233 Å². The maximum absolute atomic E-state index is 12.5. The zero-order chi connectivity index (χ0) is 35.2. The van der Waals surface area contributed by atoms with E-state index in [0.29, 0.717) is 19.3 Å². The van der Waals surface area contributed by atoms with Gasteiger partial charge in [-0.2, -0.15) is 0 Å². The fourth-order valence-corrected chi connectivity index (χ4v) is 6.15. The van der Waals surface area contributed by atoms with Gasteiger partial charge in [-0.05, 0) is 19.3 Å². The first kappa shape index (κ1) is 46.4. The molecule has 0 aromatic rings. The van der Waals surface area contributed by atoms with Gasteiger partial charge in [-0.15, -0.1) is 0 Å². The molecule has 0 aromatic heterocycles. The van der Waals surface area contributed by atoms with Crippen LogP contribution in [0, 0.1) is 0 Å². The van der Waals surface area contributed by atoms with Crippen molar-refractivity contribution >= 4 is 17.9 Å². The highest BCUT2D eigenvalue weighted by atomic mass is 16.6. The van der Waals surface area contributed by atoms with E-state index >= 15 is 0 Å². The second-order valence-electron chi connectivity index (χ2n) is 14.3. The van der Waals surface area contributed by atoms with Gasteiger partial charge < -0.3 is 14.2 Å². The first-order valence-corrected chi connectivity index (χ1v) is 21.0. The minimum atomic E-state index is -0.754. The first-order valence-electron chi connectivity index (χ1n) is 21.0. The molecule has 0 saturated heterocycles. The normalized spacial score (nSPS) is 11.8. The Kier molecular flexibility index (Phi) is 36.9. The Morgan fingerprint density at radius 1 is 0.333 bits per heavy atom. The summed E-state index contributed by atoms with van der Waals surface area (Å²) in [6, 6.07) is 0. The Bertz CT molecular complexity index is 708. The predicted molar refractivity (Wildman–Crippen MR) is 201 cm³/mol. The topological polar surface area (TPSA) is 78.9 Å². The van der Waals surface area contributed by atoms with Crippen LogP contribution in [0.2, 0.25) is 0 Å². The van der Waals surface area contributed by atoms with Gasteiger partial charge in [-0.3, -0.25) is 14.4 Å². The number of carbonyl (C=O) groups is 3. The summed E-state index contributed by atoms with van der Waals surface area (Å²) in [5, 5.41) is 0. The number of rotatable bonds is 38. The highest BCUT2D eigenvalue weighted by molar-refractivity contribution is 5.71. The molecule has 6 nitrogen and oxygen atoms in total.